The van der Waals surface area contributed by atoms with Crippen molar-refractivity contribution < 1.29 is 4.79 Å². The van der Waals surface area contributed by atoms with Crippen LogP contribution in [0, 0.1) is 13.8 Å². The third kappa shape index (κ3) is 4.71. The Morgan fingerprint density at radius 3 is 2.48 bits per heavy atom. The first-order valence-electron chi connectivity index (χ1n) is 9.79. The van der Waals surface area contributed by atoms with E-state index in [0.29, 0.717) is 12.2 Å². The van der Waals surface area contributed by atoms with Crippen molar-refractivity contribution in [3.05, 3.63) is 23.1 Å². The SMILES string of the molecule is Cc1cc(C)c2c(N(C)C)nc(C(=O)NCCN3CCCCCC3)nc2n1. The number of aromatic nitrogens is 3. The quantitative estimate of drug-likeness (QED) is 0.871. The number of pyridine rings is 1. The highest BCUT2D eigenvalue weighted by Gasteiger charge is 2.18. The Morgan fingerprint density at radius 2 is 1.81 bits per heavy atom. The van der Waals surface area contributed by atoms with Gasteiger partial charge in [0.15, 0.2) is 5.65 Å². The molecule has 3 rings (SSSR count). The Labute approximate surface area is 161 Å². The predicted molar refractivity (Wildman–Crippen MR) is 108 cm³/mol. The summed E-state index contributed by atoms with van der Waals surface area (Å²) in [7, 11) is 3.84. The van der Waals surface area contributed by atoms with E-state index in [2.05, 4.69) is 25.2 Å². The lowest BCUT2D eigenvalue weighted by atomic mass is 10.1. The van der Waals surface area contributed by atoms with Crippen LogP contribution in [0.2, 0.25) is 0 Å². The van der Waals surface area contributed by atoms with Crippen LogP contribution in [0.1, 0.15) is 47.6 Å². The van der Waals surface area contributed by atoms with Gasteiger partial charge in [0.2, 0.25) is 5.82 Å². The maximum atomic E-state index is 12.6. The molecule has 0 spiro atoms. The van der Waals surface area contributed by atoms with Crippen LogP contribution in [-0.2, 0) is 0 Å². The fraction of sp³-hybridized carbons (Fsp3) is 0.600. The third-order valence-corrected chi connectivity index (χ3v) is 5.01. The Kier molecular flexibility index (Phi) is 6.21. The first-order chi connectivity index (χ1) is 13.0. The molecule has 2 aromatic rings. The van der Waals surface area contributed by atoms with Crippen molar-refractivity contribution in [2.45, 2.75) is 39.5 Å². The fourth-order valence-electron chi connectivity index (χ4n) is 3.65. The predicted octanol–water partition coefficient (Wildman–Crippen LogP) is 2.31. The van der Waals surface area contributed by atoms with E-state index in [0.717, 1.165) is 42.1 Å². The highest BCUT2D eigenvalue weighted by Crippen LogP contribution is 2.25. The largest absolute Gasteiger partial charge is 0.362 e. The second kappa shape index (κ2) is 8.61. The molecule has 0 bridgehead atoms. The van der Waals surface area contributed by atoms with E-state index >= 15 is 0 Å². The van der Waals surface area contributed by atoms with E-state index in [1.807, 2.05) is 38.9 Å². The smallest absolute Gasteiger partial charge is 0.289 e. The Hall–Kier alpha value is -2.28. The zero-order valence-corrected chi connectivity index (χ0v) is 16.9. The molecule has 3 heterocycles. The zero-order chi connectivity index (χ0) is 19.4. The molecule has 1 N–H and O–H groups in total. The molecule has 0 aliphatic carbocycles. The van der Waals surface area contributed by atoms with Crippen molar-refractivity contribution in [1.29, 1.82) is 0 Å². The molecule has 0 atom stereocenters. The van der Waals surface area contributed by atoms with E-state index < -0.39 is 0 Å². The molecule has 7 nitrogen and oxygen atoms in total. The summed E-state index contributed by atoms with van der Waals surface area (Å²) in [5, 5.41) is 3.87. The lowest BCUT2D eigenvalue weighted by Gasteiger charge is -2.20. The van der Waals surface area contributed by atoms with E-state index in [-0.39, 0.29) is 11.7 Å². The molecule has 0 saturated carbocycles. The van der Waals surface area contributed by atoms with Crippen molar-refractivity contribution in [2.24, 2.45) is 0 Å². The Morgan fingerprint density at radius 1 is 1.11 bits per heavy atom. The summed E-state index contributed by atoms with van der Waals surface area (Å²) in [6.07, 6.45) is 5.12. The minimum atomic E-state index is -0.240. The van der Waals surface area contributed by atoms with E-state index in [9.17, 15) is 4.79 Å². The molecular weight excluding hydrogens is 340 g/mol. The van der Waals surface area contributed by atoms with E-state index in [1.165, 1.54) is 25.7 Å². The molecule has 1 fully saturated rings. The molecule has 0 radical (unpaired) electrons. The molecule has 1 aliphatic heterocycles. The maximum Gasteiger partial charge on any atom is 0.289 e. The monoisotopic (exact) mass is 370 g/mol. The molecule has 2 aromatic heterocycles. The minimum Gasteiger partial charge on any atom is -0.362 e. The fourth-order valence-corrected chi connectivity index (χ4v) is 3.65. The zero-order valence-electron chi connectivity index (χ0n) is 16.9. The summed E-state index contributed by atoms with van der Waals surface area (Å²) < 4.78 is 0. The van der Waals surface area contributed by atoms with Gasteiger partial charge < -0.3 is 15.1 Å². The van der Waals surface area contributed by atoms with Crippen LogP contribution >= 0.6 is 0 Å². The summed E-state index contributed by atoms with van der Waals surface area (Å²) >= 11 is 0. The van der Waals surface area contributed by atoms with Gasteiger partial charge in [-0.15, -0.1) is 0 Å². The second-order valence-corrected chi connectivity index (χ2v) is 7.56. The first kappa shape index (κ1) is 19.5. The van der Waals surface area contributed by atoms with Gasteiger partial charge in [0.05, 0.1) is 5.39 Å². The van der Waals surface area contributed by atoms with E-state index in [4.69, 9.17) is 0 Å². The van der Waals surface area contributed by atoms with Crippen LogP contribution in [0.4, 0.5) is 5.82 Å². The van der Waals surface area contributed by atoms with Crippen molar-refractivity contribution in [3.63, 3.8) is 0 Å². The number of anilines is 1. The Balaban J connectivity index is 1.76. The second-order valence-electron chi connectivity index (χ2n) is 7.56. The standard InChI is InChI=1S/C20H30N6O/c1-14-13-15(2)22-17-16(14)19(25(3)4)24-18(23-17)20(27)21-9-12-26-10-7-5-6-8-11-26/h13H,5-12H2,1-4H3,(H,21,27). The van der Waals surface area contributed by atoms with Gasteiger partial charge in [-0.05, 0) is 51.4 Å². The average Bonchev–Trinajstić information content (AvgIpc) is 2.89. The topological polar surface area (TPSA) is 74.2 Å². The van der Waals surface area contributed by atoms with Crippen LogP contribution in [0.15, 0.2) is 6.07 Å². The normalized spacial score (nSPS) is 15.6. The third-order valence-electron chi connectivity index (χ3n) is 5.01. The molecule has 27 heavy (non-hydrogen) atoms. The minimum absolute atomic E-state index is 0.180. The van der Waals surface area contributed by atoms with E-state index in [1.54, 1.807) is 0 Å². The molecule has 1 saturated heterocycles. The van der Waals surface area contributed by atoms with Crippen molar-refractivity contribution in [1.82, 2.24) is 25.2 Å². The van der Waals surface area contributed by atoms with Gasteiger partial charge in [0.1, 0.15) is 5.82 Å². The molecule has 146 valence electrons. The van der Waals surface area contributed by atoms with Crippen LogP contribution in [0.5, 0.6) is 0 Å². The number of hydrogen-bond acceptors (Lipinski definition) is 6. The average molecular weight is 371 g/mol. The van der Waals surface area contributed by atoms with Gasteiger partial charge in [0.25, 0.3) is 5.91 Å². The summed E-state index contributed by atoms with van der Waals surface area (Å²) in [5.74, 6) is 0.665. The van der Waals surface area contributed by atoms with Crippen molar-refractivity contribution in [3.8, 4) is 0 Å². The summed E-state index contributed by atoms with van der Waals surface area (Å²) in [5.41, 5.74) is 2.52. The molecule has 7 heteroatoms. The number of nitrogens with one attached hydrogen (secondary N) is 1. The van der Waals surface area contributed by atoms with Gasteiger partial charge in [-0.25, -0.2) is 15.0 Å². The number of fused-ring (bicyclic) bond motifs is 1. The Bertz CT molecular complexity index is 812. The number of hydrogen-bond donors (Lipinski definition) is 1. The highest BCUT2D eigenvalue weighted by atomic mass is 16.2. The molecule has 0 aromatic carbocycles. The summed E-state index contributed by atoms with van der Waals surface area (Å²) in [6, 6.07) is 2.01. The van der Waals surface area contributed by atoms with Crippen LogP contribution < -0.4 is 10.2 Å². The lowest BCUT2D eigenvalue weighted by Crippen LogP contribution is -2.36. The number of amides is 1. The van der Waals surface area contributed by atoms with Gasteiger partial charge in [-0.1, -0.05) is 12.8 Å². The van der Waals surface area contributed by atoms with Crippen LogP contribution in [0.25, 0.3) is 11.0 Å². The summed E-state index contributed by atoms with van der Waals surface area (Å²) in [4.78, 5) is 30.5. The number of aryl methyl sites for hydroxylation is 2. The molecule has 0 unspecified atom stereocenters. The molecule has 1 aliphatic rings. The number of rotatable bonds is 5. The number of carbonyl (C=O) groups excluding carboxylic acids is 1. The highest BCUT2D eigenvalue weighted by molar-refractivity contribution is 5.96. The van der Waals surface area contributed by atoms with Gasteiger partial charge >= 0.3 is 0 Å². The number of likely N-dealkylation sites (tertiary alicyclic amines) is 1. The summed E-state index contributed by atoms with van der Waals surface area (Å²) in [6.45, 7) is 7.68. The molecule has 1 amide bonds. The maximum absolute atomic E-state index is 12.6. The van der Waals surface area contributed by atoms with Gasteiger partial charge in [-0.3, -0.25) is 4.79 Å². The number of nitrogens with zero attached hydrogens (tertiary/aromatic N) is 5. The van der Waals surface area contributed by atoms with Gasteiger partial charge in [-0.2, -0.15) is 0 Å². The van der Waals surface area contributed by atoms with Gasteiger partial charge in [0, 0.05) is 32.9 Å². The van der Waals surface area contributed by atoms with Crippen LogP contribution in [-0.4, -0.2) is 66.0 Å². The lowest BCUT2D eigenvalue weighted by molar-refractivity contribution is 0.0938. The van der Waals surface area contributed by atoms with Crippen LogP contribution in [0.3, 0.4) is 0 Å². The van der Waals surface area contributed by atoms with Crippen molar-refractivity contribution >= 4 is 22.8 Å². The van der Waals surface area contributed by atoms with Crippen molar-refractivity contribution in [2.75, 3.05) is 45.2 Å². The number of carbonyl (C=O) groups is 1. The first-order valence-corrected chi connectivity index (χ1v) is 9.79. The molecular formula is C20H30N6O.